The molecule has 0 saturated carbocycles. The number of halogens is 1. The first-order valence-electron chi connectivity index (χ1n) is 8.18. The summed E-state index contributed by atoms with van der Waals surface area (Å²) in [5, 5.41) is 0. The first-order chi connectivity index (χ1) is 12.7. The molecule has 2 aromatic carbocycles. The topological polar surface area (TPSA) is 101 Å². The molecule has 2 N–H and O–H groups in total. The van der Waals surface area contributed by atoms with E-state index in [1.165, 1.54) is 12.1 Å². The van der Waals surface area contributed by atoms with Crippen LogP contribution >= 0.6 is 0 Å². The molecule has 0 radical (unpaired) electrons. The minimum Gasteiger partial charge on any atom is -0.316 e. The Balaban J connectivity index is 1.88. The Bertz CT molecular complexity index is 1250. The zero-order chi connectivity index (χ0) is 19.8. The fraction of sp³-hybridized carbons (Fsp3) is 0.222. The molecule has 0 spiro atoms. The molecule has 0 unspecified atom stereocenters. The van der Waals surface area contributed by atoms with Crippen molar-refractivity contribution in [2.24, 2.45) is 0 Å². The molecule has 0 bridgehead atoms. The standard InChI is InChI=1S/C18H18FN3O4S/c1-11-3-6-16(12(2)9-11)27(25,26)20-7-8-22-15-5-4-13(19)10-14(15)21-17(23)18(22)24/h3-6,9-10,20H,7-8H2,1-2H3,(H,21,23). The van der Waals surface area contributed by atoms with Crippen LogP contribution in [-0.2, 0) is 16.6 Å². The van der Waals surface area contributed by atoms with E-state index >= 15 is 0 Å². The highest BCUT2D eigenvalue weighted by atomic mass is 32.2. The van der Waals surface area contributed by atoms with Gasteiger partial charge in [0.15, 0.2) is 0 Å². The van der Waals surface area contributed by atoms with Crippen molar-refractivity contribution in [3.63, 3.8) is 0 Å². The average Bonchev–Trinajstić information content (AvgIpc) is 2.57. The van der Waals surface area contributed by atoms with Gasteiger partial charge in [-0.15, -0.1) is 0 Å². The number of fused-ring (bicyclic) bond motifs is 1. The van der Waals surface area contributed by atoms with Gasteiger partial charge in [-0.1, -0.05) is 17.7 Å². The van der Waals surface area contributed by atoms with Gasteiger partial charge < -0.3 is 9.55 Å². The summed E-state index contributed by atoms with van der Waals surface area (Å²) >= 11 is 0. The van der Waals surface area contributed by atoms with Crippen molar-refractivity contribution in [3.8, 4) is 0 Å². The molecule has 0 atom stereocenters. The Morgan fingerprint density at radius 2 is 1.85 bits per heavy atom. The molecule has 142 valence electrons. The number of rotatable bonds is 5. The summed E-state index contributed by atoms with van der Waals surface area (Å²) in [6.45, 7) is 3.38. The highest BCUT2D eigenvalue weighted by molar-refractivity contribution is 7.89. The molecule has 0 fully saturated rings. The summed E-state index contributed by atoms with van der Waals surface area (Å²) in [5.74, 6) is -0.557. The highest BCUT2D eigenvalue weighted by Crippen LogP contribution is 2.16. The van der Waals surface area contributed by atoms with Crippen molar-refractivity contribution in [1.82, 2.24) is 14.3 Å². The first-order valence-corrected chi connectivity index (χ1v) is 9.67. The maximum atomic E-state index is 13.4. The summed E-state index contributed by atoms with van der Waals surface area (Å²) in [6.07, 6.45) is 0. The van der Waals surface area contributed by atoms with Crippen LogP contribution in [0.2, 0.25) is 0 Å². The lowest BCUT2D eigenvalue weighted by Crippen LogP contribution is -2.39. The Kier molecular flexibility index (Phi) is 4.99. The first kappa shape index (κ1) is 19.0. The molecule has 3 aromatic rings. The summed E-state index contributed by atoms with van der Waals surface area (Å²) in [5.41, 5.74) is 0.297. The molecular weight excluding hydrogens is 373 g/mol. The van der Waals surface area contributed by atoms with Gasteiger partial charge in [0, 0.05) is 13.1 Å². The smallest absolute Gasteiger partial charge is 0.316 e. The third-order valence-corrected chi connectivity index (χ3v) is 5.81. The fourth-order valence-electron chi connectivity index (χ4n) is 2.94. The number of aromatic nitrogens is 2. The Morgan fingerprint density at radius 3 is 2.56 bits per heavy atom. The lowest BCUT2D eigenvalue weighted by Gasteiger charge is -2.12. The largest absolute Gasteiger partial charge is 0.316 e. The molecule has 0 aliphatic rings. The van der Waals surface area contributed by atoms with Gasteiger partial charge in [-0.05, 0) is 43.7 Å². The number of aromatic amines is 1. The third kappa shape index (κ3) is 3.83. The molecule has 9 heteroatoms. The van der Waals surface area contributed by atoms with Crippen LogP contribution in [0.25, 0.3) is 11.0 Å². The molecule has 0 amide bonds. The van der Waals surface area contributed by atoms with Crippen LogP contribution in [0.4, 0.5) is 4.39 Å². The second-order valence-electron chi connectivity index (χ2n) is 6.24. The zero-order valence-electron chi connectivity index (χ0n) is 14.7. The summed E-state index contributed by atoms with van der Waals surface area (Å²) in [7, 11) is -3.77. The van der Waals surface area contributed by atoms with Gasteiger partial charge in [0.05, 0.1) is 15.9 Å². The molecule has 0 aliphatic heterocycles. The summed E-state index contributed by atoms with van der Waals surface area (Å²) in [6, 6.07) is 8.61. The van der Waals surface area contributed by atoms with E-state index in [2.05, 4.69) is 9.71 Å². The van der Waals surface area contributed by atoms with Gasteiger partial charge in [-0.25, -0.2) is 17.5 Å². The number of hydrogen-bond acceptors (Lipinski definition) is 4. The van der Waals surface area contributed by atoms with E-state index in [1.807, 2.05) is 6.92 Å². The minimum absolute atomic E-state index is 0.0744. The van der Waals surface area contributed by atoms with Crippen molar-refractivity contribution in [1.29, 1.82) is 0 Å². The van der Waals surface area contributed by atoms with Crippen LogP contribution in [0.15, 0.2) is 50.9 Å². The van der Waals surface area contributed by atoms with Crippen molar-refractivity contribution < 1.29 is 12.8 Å². The quantitative estimate of drug-likeness (QED) is 0.643. The SMILES string of the molecule is Cc1ccc(S(=O)(=O)NCCn2c(=O)c(=O)[nH]c3cc(F)ccc32)c(C)c1. The van der Waals surface area contributed by atoms with E-state index in [0.717, 1.165) is 22.3 Å². The molecular formula is C18H18FN3O4S. The predicted octanol–water partition coefficient (Wildman–Crippen LogP) is 1.42. The molecule has 7 nitrogen and oxygen atoms in total. The van der Waals surface area contributed by atoms with Crippen molar-refractivity contribution >= 4 is 21.1 Å². The molecule has 3 rings (SSSR count). The number of H-pyrrole nitrogens is 1. The summed E-state index contributed by atoms with van der Waals surface area (Å²) < 4.78 is 41.9. The molecule has 0 saturated heterocycles. The maximum Gasteiger partial charge on any atom is 0.316 e. The molecule has 1 aromatic heterocycles. The number of nitrogens with one attached hydrogen (secondary N) is 2. The number of hydrogen-bond donors (Lipinski definition) is 2. The van der Waals surface area contributed by atoms with E-state index in [0.29, 0.717) is 11.1 Å². The van der Waals surface area contributed by atoms with Crippen LogP contribution in [0.5, 0.6) is 0 Å². The third-order valence-electron chi connectivity index (χ3n) is 4.18. The van der Waals surface area contributed by atoms with Gasteiger partial charge in [0.2, 0.25) is 10.0 Å². The predicted molar refractivity (Wildman–Crippen MR) is 99.9 cm³/mol. The van der Waals surface area contributed by atoms with E-state index in [1.54, 1.807) is 19.1 Å². The molecule has 27 heavy (non-hydrogen) atoms. The normalized spacial score (nSPS) is 11.8. The van der Waals surface area contributed by atoms with Gasteiger partial charge in [0.25, 0.3) is 0 Å². The second kappa shape index (κ2) is 7.09. The Morgan fingerprint density at radius 1 is 1.11 bits per heavy atom. The van der Waals surface area contributed by atoms with Gasteiger partial charge in [0.1, 0.15) is 5.82 Å². The Labute approximate surface area is 154 Å². The van der Waals surface area contributed by atoms with E-state index < -0.39 is 27.0 Å². The number of benzene rings is 2. The van der Waals surface area contributed by atoms with Crippen molar-refractivity contribution in [3.05, 3.63) is 74.0 Å². The maximum absolute atomic E-state index is 13.4. The average molecular weight is 391 g/mol. The van der Waals surface area contributed by atoms with Crippen LogP contribution in [0, 0.1) is 19.7 Å². The van der Waals surface area contributed by atoms with Crippen molar-refractivity contribution in [2.45, 2.75) is 25.3 Å². The van der Waals surface area contributed by atoms with Crippen LogP contribution in [0.3, 0.4) is 0 Å². The lowest BCUT2D eigenvalue weighted by atomic mass is 10.2. The number of aryl methyl sites for hydroxylation is 2. The van der Waals surface area contributed by atoms with Gasteiger partial charge in [-0.3, -0.25) is 9.59 Å². The highest BCUT2D eigenvalue weighted by Gasteiger charge is 2.17. The van der Waals surface area contributed by atoms with E-state index in [9.17, 15) is 22.4 Å². The van der Waals surface area contributed by atoms with Crippen LogP contribution < -0.4 is 15.8 Å². The lowest BCUT2D eigenvalue weighted by molar-refractivity contribution is 0.571. The minimum atomic E-state index is -3.77. The van der Waals surface area contributed by atoms with Crippen LogP contribution in [-0.4, -0.2) is 24.5 Å². The van der Waals surface area contributed by atoms with Gasteiger partial charge in [-0.2, -0.15) is 0 Å². The number of sulfonamides is 1. The zero-order valence-corrected chi connectivity index (χ0v) is 15.6. The Hall–Kier alpha value is -2.78. The van der Waals surface area contributed by atoms with E-state index in [-0.39, 0.29) is 23.5 Å². The summed E-state index contributed by atoms with van der Waals surface area (Å²) in [4.78, 5) is 26.4. The fourth-order valence-corrected chi connectivity index (χ4v) is 4.19. The number of nitrogens with zero attached hydrogens (tertiary/aromatic N) is 1. The van der Waals surface area contributed by atoms with E-state index in [4.69, 9.17) is 0 Å². The molecule has 1 heterocycles. The second-order valence-corrected chi connectivity index (χ2v) is 7.97. The molecule has 0 aliphatic carbocycles. The van der Waals surface area contributed by atoms with Crippen molar-refractivity contribution in [2.75, 3.05) is 6.54 Å². The van der Waals surface area contributed by atoms with Gasteiger partial charge >= 0.3 is 11.1 Å². The monoisotopic (exact) mass is 391 g/mol. The van der Waals surface area contributed by atoms with Crippen LogP contribution in [0.1, 0.15) is 11.1 Å².